The van der Waals surface area contributed by atoms with Crippen LogP contribution in [0, 0.1) is 11.7 Å². The fourth-order valence-corrected chi connectivity index (χ4v) is 4.87. The first-order valence-electron chi connectivity index (χ1n) is 11.4. The molecule has 0 unspecified atom stereocenters. The van der Waals surface area contributed by atoms with Crippen LogP contribution in [0.25, 0.3) is 10.2 Å². The lowest BCUT2D eigenvalue weighted by atomic mass is 10.1. The van der Waals surface area contributed by atoms with Gasteiger partial charge < -0.3 is 15.4 Å². The van der Waals surface area contributed by atoms with Crippen LogP contribution in [0.1, 0.15) is 24.0 Å². The molecule has 0 atom stereocenters. The number of thiazole rings is 1. The molecule has 4 aromatic rings. The minimum atomic E-state index is -4.67. The average Bonchev–Trinajstić information content (AvgIpc) is 3.62. The Kier molecular flexibility index (Phi) is 6.97. The minimum Gasteiger partial charge on any atom is -0.457 e. The Balaban J connectivity index is 1.28. The van der Waals surface area contributed by atoms with Crippen LogP contribution in [0.15, 0.2) is 54.6 Å². The van der Waals surface area contributed by atoms with Gasteiger partial charge in [-0.05, 0) is 48.7 Å². The third kappa shape index (κ3) is 5.89. The third-order valence-corrected chi connectivity index (χ3v) is 7.10. The molecule has 196 valence electrons. The Labute approximate surface area is 222 Å². The number of alkyl halides is 3. The molecule has 0 spiro atoms. The van der Waals surface area contributed by atoms with Gasteiger partial charge in [0, 0.05) is 18.1 Å². The number of fused-ring (bicyclic) bond motifs is 1. The van der Waals surface area contributed by atoms with Gasteiger partial charge in [0.2, 0.25) is 11.8 Å². The normalized spacial score (nSPS) is 13.4. The molecule has 5 rings (SSSR count). The summed E-state index contributed by atoms with van der Waals surface area (Å²) < 4.78 is 60.3. The summed E-state index contributed by atoms with van der Waals surface area (Å²) in [5, 5.41) is 5.07. The van der Waals surface area contributed by atoms with E-state index in [0.717, 1.165) is 35.7 Å². The van der Waals surface area contributed by atoms with E-state index < -0.39 is 34.9 Å². The van der Waals surface area contributed by atoms with Crippen molar-refractivity contribution in [2.75, 3.05) is 10.6 Å². The van der Waals surface area contributed by atoms with Crippen molar-refractivity contribution in [3.63, 3.8) is 0 Å². The van der Waals surface area contributed by atoms with Gasteiger partial charge in [-0.25, -0.2) is 9.37 Å². The molecule has 0 aliphatic heterocycles. The maximum atomic E-state index is 14.4. The van der Waals surface area contributed by atoms with Gasteiger partial charge in [-0.15, -0.1) is 0 Å². The first kappa shape index (κ1) is 25.9. The van der Waals surface area contributed by atoms with Crippen LogP contribution in [0.5, 0.6) is 11.5 Å². The second-order valence-electron chi connectivity index (χ2n) is 8.66. The van der Waals surface area contributed by atoms with Crippen LogP contribution < -0.4 is 15.4 Å². The smallest absolute Gasteiger partial charge is 0.417 e. The predicted molar refractivity (Wildman–Crippen MR) is 136 cm³/mol. The molecule has 0 radical (unpaired) electrons. The lowest BCUT2D eigenvalue weighted by Crippen LogP contribution is -2.16. The van der Waals surface area contributed by atoms with E-state index in [4.69, 9.17) is 16.3 Å². The van der Waals surface area contributed by atoms with E-state index in [1.165, 1.54) is 29.5 Å². The number of amides is 2. The fraction of sp³-hybridized carbons (Fsp3) is 0.192. The number of aromatic nitrogens is 1. The summed E-state index contributed by atoms with van der Waals surface area (Å²) in [4.78, 5) is 28.9. The number of hydrogen-bond donors (Lipinski definition) is 2. The number of ether oxygens (including phenoxy) is 1. The zero-order chi connectivity index (χ0) is 27.0. The topological polar surface area (TPSA) is 80.3 Å². The van der Waals surface area contributed by atoms with Crippen molar-refractivity contribution in [3.05, 3.63) is 76.6 Å². The summed E-state index contributed by atoms with van der Waals surface area (Å²) in [6.45, 7) is 0. The minimum absolute atomic E-state index is 0.0441. The number of nitrogens with zero attached hydrogens (tertiary/aromatic N) is 1. The van der Waals surface area contributed by atoms with E-state index in [1.54, 1.807) is 18.2 Å². The molecular weight excluding hydrogens is 546 g/mol. The predicted octanol–water partition coefficient (Wildman–Crippen LogP) is 7.43. The first-order chi connectivity index (χ1) is 18.1. The van der Waals surface area contributed by atoms with E-state index in [9.17, 15) is 27.2 Å². The molecule has 1 aromatic heterocycles. The lowest BCUT2D eigenvalue weighted by molar-refractivity contribution is -0.137. The molecule has 6 nitrogen and oxygen atoms in total. The molecule has 38 heavy (non-hydrogen) atoms. The van der Waals surface area contributed by atoms with E-state index in [0.29, 0.717) is 16.4 Å². The maximum Gasteiger partial charge on any atom is 0.417 e. The number of anilines is 2. The van der Waals surface area contributed by atoms with E-state index in [2.05, 4.69) is 15.6 Å². The van der Waals surface area contributed by atoms with Crippen LogP contribution in [-0.2, 0) is 22.2 Å². The van der Waals surface area contributed by atoms with Gasteiger partial charge in [0.1, 0.15) is 17.3 Å². The standard InChI is InChI=1S/C26H18ClF4N3O3S/c27-23-14(2-1-3-17(23)26(29,30)31)10-22(35)32-20-11-15(6-8-18(20)28)37-16-7-9-19-21(12-16)38-25(33-19)34-24(36)13-4-5-13/h1-3,6-9,11-13H,4-5,10H2,(H,32,35)(H,33,34,36). The molecule has 1 aliphatic carbocycles. The van der Waals surface area contributed by atoms with Crippen molar-refractivity contribution < 1.29 is 31.9 Å². The number of carbonyl (C=O) groups is 2. The van der Waals surface area contributed by atoms with Crippen molar-refractivity contribution >= 4 is 55.8 Å². The SMILES string of the molecule is O=C(Cc1cccc(C(F)(F)F)c1Cl)Nc1cc(Oc2ccc3nc(NC(=O)C4CC4)sc3c2)ccc1F. The average molecular weight is 564 g/mol. The summed E-state index contributed by atoms with van der Waals surface area (Å²) in [6.07, 6.45) is -3.40. The maximum absolute atomic E-state index is 14.4. The number of halogens is 5. The van der Waals surface area contributed by atoms with Crippen molar-refractivity contribution in [3.8, 4) is 11.5 Å². The molecule has 1 fully saturated rings. The molecule has 0 saturated heterocycles. The highest BCUT2D eigenvalue weighted by Gasteiger charge is 2.34. The molecule has 12 heteroatoms. The van der Waals surface area contributed by atoms with Crippen molar-refractivity contribution in [1.29, 1.82) is 0 Å². The van der Waals surface area contributed by atoms with E-state index in [1.807, 2.05) is 0 Å². The number of benzene rings is 3. The second-order valence-corrected chi connectivity index (χ2v) is 10.1. The summed E-state index contributed by atoms with van der Waals surface area (Å²) in [5.41, 5.74) is -0.632. The second kappa shape index (κ2) is 10.2. The molecule has 1 aliphatic rings. The molecule has 1 saturated carbocycles. The zero-order valence-electron chi connectivity index (χ0n) is 19.4. The monoisotopic (exact) mass is 563 g/mol. The highest BCUT2D eigenvalue weighted by atomic mass is 35.5. The number of carbonyl (C=O) groups excluding carboxylic acids is 2. The van der Waals surface area contributed by atoms with Crippen LogP contribution in [-0.4, -0.2) is 16.8 Å². The quantitative estimate of drug-likeness (QED) is 0.229. The number of nitrogens with one attached hydrogen (secondary N) is 2. The first-order valence-corrected chi connectivity index (χ1v) is 12.6. The fourth-order valence-electron chi connectivity index (χ4n) is 3.68. The van der Waals surface area contributed by atoms with Gasteiger partial charge in [-0.2, -0.15) is 13.2 Å². The van der Waals surface area contributed by atoms with Gasteiger partial charge in [0.05, 0.1) is 32.9 Å². The summed E-state index contributed by atoms with van der Waals surface area (Å²) >= 11 is 7.15. The molecule has 2 N–H and O–H groups in total. The Morgan fingerprint density at radius 3 is 2.53 bits per heavy atom. The number of hydrogen-bond acceptors (Lipinski definition) is 5. The Bertz CT molecular complexity index is 1550. The van der Waals surface area contributed by atoms with E-state index in [-0.39, 0.29) is 28.8 Å². The highest BCUT2D eigenvalue weighted by molar-refractivity contribution is 7.22. The van der Waals surface area contributed by atoms with Crippen molar-refractivity contribution in [1.82, 2.24) is 4.98 Å². The lowest BCUT2D eigenvalue weighted by Gasteiger charge is -2.13. The van der Waals surface area contributed by atoms with Gasteiger partial charge in [0.25, 0.3) is 0 Å². The Hall–Kier alpha value is -3.70. The summed E-state index contributed by atoms with van der Waals surface area (Å²) in [6, 6.07) is 12.1. The van der Waals surface area contributed by atoms with Crippen LogP contribution in [0.2, 0.25) is 5.02 Å². The highest BCUT2D eigenvalue weighted by Crippen LogP contribution is 2.37. The molecule has 1 heterocycles. The van der Waals surface area contributed by atoms with Crippen LogP contribution in [0.4, 0.5) is 28.4 Å². The molecule has 0 bridgehead atoms. The zero-order valence-corrected chi connectivity index (χ0v) is 20.9. The van der Waals surface area contributed by atoms with Gasteiger partial charge in [-0.1, -0.05) is 35.1 Å². The number of rotatable bonds is 7. The van der Waals surface area contributed by atoms with Gasteiger partial charge in [-0.3, -0.25) is 9.59 Å². The van der Waals surface area contributed by atoms with Crippen molar-refractivity contribution in [2.24, 2.45) is 5.92 Å². The Morgan fingerprint density at radius 2 is 1.79 bits per heavy atom. The molecule has 2 amide bonds. The van der Waals surface area contributed by atoms with E-state index >= 15 is 0 Å². The summed E-state index contributed by atoms with van der Waals surface area (Å²) in [7, 11) is 0. The largest absolute Gasteiger partial charge is 0.457 e. The van der Waals surface area contributed by atoms with Gasteiger partial charge in [0.15, 0.2) is 5.13 Å². The third-order valence-electron chi connectivity index (χ3n) is 5.72. The summed E-state index contributed by atoms with van der Waals surface area (Å²) in [5.74, 6) is -0.873. The molecular formula is C26H18ClF4N3O3S. The van der Waals surface area contributed by atoms with Crippen molar-refractivity contribution in [2.45, 2.75) is 25.4 Å². The van der Waals surface area contributed by atoms with Crippen LogP contribution >= 0.6 is 22.9 Å². The Morgan fingerprint density at radius 1 is 1.05 bits per heavy atom. The van der Waals surface area contributed by atoms with Gasteiger partial charge >= 0.3 is 6.18 Å². The van der Waals surface area contributed by atoms with Crippen LogP contribution in [0.3, 0.4) is 0 Å². The molecule has 3 aromatic carbocycles.